The monoisotopic (exact) mass is 487 g/mol. The lowest BCUT2D eigenvalue weighted by atomic mass is 9.72. The molecule has 2 aliphatic rings. The summed E-state index contributed by atoms with van der Waals surface area (Å²) in [4.78, 5) is 13.9. The highest BCUT2D eigenvalue weighted by molar-refractivity contribution is 5.79. The van der Waals surface area contributed by atoms with E-state index in [1.54, 1.807) is 13.8 Å². The van der Waals surface area contributed by atoms with Crippen LogP contribution in [0.5, 0.6) is 0 Å². The molecule has 1 aliphatic heterocycles. The number of hydrogen-bond acceptors (Lipinski definition) is 4. The van der Waals surface area contributed by atoms with E-state index in [0.29, 0.717) is 18.6 Å². The van der Waals surface area contributed by atoms with Crippen LogP contribution >= 0.6 is 0 Å². The number of carbonyl (C=O) groups is 1. The number of carboxylic acids is 1. The highest BCUT2D eigenvalue weighted by Gasteiger charge is 2.41. The molecule has 0 spiro atoms. The molecule has 1 aliphatic carbocycles. The van der Waals surface area contributed by atoms with Crippen LogP contribution in [0.4, 0.5) is 0 Å². The zero-order chi connectivity index (χ0) is 25.8. The molecule has 1 heterocycles. The van der Waals surface area contributed by atoms with Crippen molar-refractivity contribution in [2.75, 3.05) is 19.6 Å². The number of hydrogen-bond donors (Lipinski definition) is 3. The molecule has 0 bridgehead atoms. The lowest BCUT2D eigenvalue weighted by molar-refractivity contribution is -0.144. The standard InChI is InChI=1S/C31H37NO4/c1-30(2,29(34)35)24-15-13-23(14-16-24)28(33)19-22-32-20-17-27(18-21-32)31(36,25-9-5-3-6-10-25)26-11-7-4-8-12-26/h3-13,15-16,27,33,36H,14,17-22H2,1-2H3,(H,34,35)/b28-23-. The molecule has 2 aromatic rings. The average molecular weight is 488 g/mol. The van der Waals surface area contributed by atoms with E-state index in [4.69, 9.17) is 0 Å². The molecule has 4 rings (SSSR count). The smallest absolute Gasteiger partial charge is 0.313 e. The molecular weight excluding hydrogens is 450 g/mol. The van der Waals surface area contributed by atoms with Crippen LogP contribution in [0.15, 0.2) is 95.8 Å². The lowest BCUT2D eigenvalue weighted by Gasteiger charge is -2.42. The maximum atomic E-state index is 12.1. The van der Waals surface area contributed by atoms with Crippen molar-refractivity contribution in [1.82, 2.24) is 4.90 Å². The fourth-order valence-corrected chi connectivity index (χ4v) is 5.37. The van der Waals surface area contributed by atoms with Gasteiger partial charge in [0.15, 0.2) is 0 Å². The van der Waals surface area contributed by atoms with Gasteiger partial charge in [-0.2, -0.15) is 0 Å². The van der Waals surface area contributed by atoms with Crippen molar-refractivity contribution in [1.29, 1.82) is 0 Å². The largest absolute Gasteiger partial charge is 0.512 e. The lowest BCUT2D eigenvalue weighted by Crippen LogP contribution is -2.44. The predicted octanol–water partition coefficient (Wildman–Crippen LogP) is 5.83. The zero-order valence-electron chi connectivity index (χ0n) is 21.2. The summed E-state index contributed by atoms with van der Waals surface area (Å²) in [6.45, 7) is 5.87. The summed E-state index contributed by atoms with van der Waals surface area (Å²) >= 11 is 0. The molecule has 5 heteroatoms. The Balaban J connectivity index is 1.37. The van der Waals surface area contributed by atoms with Crippen LogP contribution in [0.3, 0.4) is 0 Å². The Morgan fingerprint density at radius 2 is 1.47 bits per heavy atom. The van der Waals surface area contributed by atoms with E-state index in [9.17, 15) is 20.1 Å². The summed E-state index contributed by atoms with van der Waals surface area (Å²) in [5.74, 6) is -0.389. The maximum absolute atomic E-state index is 12.1. The van der Waals surface area contributed by atoms with Gasteiger partial charge in [-0.15, -0.1) is 0 Å². The molecule has 2 aromatic carbocycles. The van der Waals surface area contributed by atoms with Gasteiger partial charge in [0.25, 0.3) is 0 Å². The number of rotatable bonds is 8. The second kappa shape index (κ2) is 10.9. The number of nitrogens with zero attached hydrogens (tertiary/aromatic N) is 1. The molecule has 3 N–H and O–H groups in total. The quantitative estimate of drug-likeness (QED) is 0.408. The molecule has 0 saturated carbocycles. The Morgan fingerprint density at radius 3 is 1.94 bits per heavy atom. The molecule has 1 saturated heterocycles. The van der Waals surface area contributed by atoms with Crippen molar-refractivity contribution in [2.24, 2.45) is 11.3 Å². The van der Waals surface area contributed by atoms with E-state index < -0.39 is 17.0 Å². The van der Waals surface area contributed by atoms with Gasteiger partial charge in [0.2, 0.25) is 0 Å². The van der Waals surface area contributed by atoms with Gasteiger partial charge in [-0.05, 0) is 74.4 Å². The van der Waals surface area contributed by atoms with Gasteiger partial charge >= 0.3 is 5.97 Å². The number of piperidine rings is 1. The molecule has 190 valence electrons. The predicted molar refractivity (Wildman–Crippen MR) is 143 cm³/mol. The summed E-state index contributed by atoms with van der Waals surface area (Å²) in [5, 5.41) is 32.2. The Morgan fingerprint density at radius 1 is 0.917 bits per heavy atom. The molecule has 0 radical (unpaired) electrons. The average Bonchev–Trinajstić information content (AvgIpc) is 2.92. The Hall–Kier alpha value is -3.15. The third-order valence-corrected chi connectivity index (χ3v) is 7.90. The summed E-state index contributed by atoms with van der Waals surface area (Å²) < 4.78 is 0. The van der Waals surface area contributed by atoms with E-state index >= 15 is 0 Å². The number of benzene rings is 2. The SMILES string of the molecule is CC(C)(C(=O)O)C1=CC/C(=C(\O)CCN2CCC(C(O)(c3ccccc3)c3ccccc3)CC2)C=C1. The Bertz CT molecular complexity index is 1100. The van der Waals surface area contributed by atoms with Gasteiger partial charge in [-0.25, -0.2) is 0 Å². The first kappa shape index (κ1) is 25.9. The van der Waals surface area contributed by atoms with Crippen molar-refractivity contribution < 1.29 is 20.1 Å². The molecule has 0 amide bonds. The van der Waals surface area contributed by atoms with Crippen LogP contribution in [0.2, 0.25) is 0 Å². The molecule has 5 nitrogen and oxygen atoms in total. The van der Waals surface area contributed by atoms with Crippen molar-refractivity contribution in [3.05, 3.63) is 107 Å². The minimum absolute atomic E-state index is 0.105. The van der Waals surface area contributed by atoms with Gasteiger partial charge in [-0.1, -0.05) is 78.9 Å². The number of aliphatic hydroxyl groups excluding tert-OH is 1. The Kier molecular flexibility index (Phi) is 7.82. The van der Waals surface area contributed by atoms with Gasteiger partial charge < -0.3 is 20.2 Å². The minimum atomic E-state index is -1.03. The van der Waals surface area contributed by atoms with Crippen LogP contribution in [0.1, 0.15) is 50.7 Å². The second-order valence-corrected chi connectivity index (χ2v) is 10.5. The van der Waals surface area contributed by atoms with Crippen LogP contribution < -0.4 is 0 Å². The van der Waals surface area contributed by atoms with Crippen LogP contribution in [0, 0.1) is 11.3 Å². The summed E-state index contributed by atoms with van der Waals surface area (Å²) in [6.07, 6.45) is 8.39. The van der Waals surface area contributed by atoms with Crippen LogP contribution in [0.25, 0.3) is 0 Å². The summed E-state index contributed by atoms with van der Waals surface area (Å²) in [5.41, 5.74) is 1.50. The molecular formula is C31H37NO4. The number of allylic oxidation sites excluding steroid dienone is 4. The van der Waals surface area contributed by atoms with Gasteiger partial charge in [0.1, 0.15) is 5.60 Å². The molecule has 36 heavy (non-hydrogen) atoms. The van der Waals surface area contributed by atoms with E-state index in [1.165, 1.54) is 0 Å². The van der Waals surface area contributed by atoms with E-state index in [1.807, 2.05) is 78.9 Å². The van der Waals surface area contributed by atoms with E-state index in [2.05, 4.69) is 4.90 Å². The van der Waals surface area contributed by atoms with Crippen LogP contribution in [-0.2, 0) is 10.4 Å². The zero-order valence-corrected chi connectivity index (χ0v) is 21.2. The summed E-state index contributed by atoms with van der Waals surface area (Å²) in [7, 11) is 0. The van der Waals surface area contributed by atoms with Gasteiger partial charge in [-0.3, -0.25) is 4.79 Å². The molecule has 0 aromatic heterocycles. The number of carboxylic acid groups (broad SMARTS) is 1. The maximum Gasteiger partial charge on any atom is 0.313 e. The highest BCUT2D eigenvalue weighted by Crippen LogP contribution is 2.42. The summed E-state index contributed by atoms with van der Waals surface area (Å²) in [6, 6.07) is 19.9. The number of aliphatic hydroxyl groups is 2. The third-order valence-electron chi connectivity index (χ3n) is 7.90. The number of aliphatic carboxylic acids is 1. The third kappa shape index (κ3) is 5.32. The first-order chi connectivity index (χ1) is 17.2. The highest BCUT2D eigenvalue weighted by atomic mass is 16.4. The minimum Gasteiger partial charge on any atom is -0.512 e. The normalized spacial score (nSPS) is 19.1. The molecule has 1 fully saturated rings. The van der Waals surface area contributed by atoms with Crippen molar-refractivity contribution in [3.63, 3.8) is 0 Å². The topological polar surface area (TPSA) is 81.0 Å². The van der Waals surface area contributed by atoms with Crippen molar-refractivity contribution in [3.8, 4) is 0 Å². The fraction of sp³-hybridized carbons (Fsp3) is 0.387. The van der Waals surface area contributed by atoms with Gasteiger partial charge in [0, 0.05) is 13.0 Å². The number of likely N-dealkylation sites (tertiary alicyclic amines) is 1. The van der Waals surface area contributed by atoms with Crippen molar-refractivity contribution in [2.45, 2.75) is 45.1 Å². The first-order valence-electron chi connectivity index (χ1n) is 12.8. The van der Waals surface area contributed by atoms with Gasteiger partial charge in [0.05, 0.1) is 11.2 Å². The first-order valence-corrected chi connectivity index (χ1v) is 12.8. The second-order valence-electron chi connectivity index (χ2n) is 10.5. The van der Waals surface area contributed by atoms with Crippen LogP contribution in [-0.4, -0.2) is 45.8 Å². The fourth-order valence-electron chi connectivity index (χ4n) is 5.37. The van der Waals surface area contributed by atoms with E-state index in [0.717, 1.165) is 54.7 Å². The van der Waals surface area contributed by atoms with Crippen molar-refractivity contribution >= 4 is 5.97 Å². The molecule has 0 unspecified atom stereocenters. The van der Waals surface area contributed by atoms with E-state index in [-0.39, 0.29) is 5.92 Å². The molecule has 0 atom stereocenters. The Labute approximate surface area is 214 Å².